The van der Waals surface area contributed by atoms with Gasteiger partial charge in [-0.15, -0.1) is 12.3 Å². The average molecular weight is 441 g/mol. The van der Waals surface area contributed by atoms with Gasteiger partial charge in [-0.2, -0.15) is 0 Å². The Balaban J connectivity index is 2.21. The minimum atomic E-state index is -2.86. The van der Waals surface area contributed by atoms with E-state index in [9.17, 15) is 13.6 Å². The van der Waals surface area contributed by atoms with Gasteiger partial charge in [-0.3, -0.25) is 4.79 Å². The lowest BCUT2D eigenvalue weighted by molar-refractivity contribution is -0.129. The summed E-state index contributed by atoms with van der Waals surface area (Å²) in [6.45, 7) is 12.5. The number of terminal acetylenes is 1. The summed E-state index contributed by atoms with van der Waals surface area (Å²) in [5, 5.41) is 3.15. The third kappa shape index (κ3) is 6.07. The van der Waals surface area contributed by atoms with Crippen LogP contribution in [-0.4, -0.2) is 47.2 Å². The van der Waals surface area contributed by atoms with Crippen LogP contribution in [0.3, 0.4) is 0 Å². The number of piperazine rings is 1. The summed E-state index contributed by atoms with van der Waals surface area (Å²) in [5.74, 6) is 0.215. The van der Waals surface area contributed by atoms with Crippen molar-refractivity contribution in [3.63, 3.8) is 0 Å². The molecule has 1 aromatic carbocycles. The quantitative estimate of drug-likeness (QED) is 0.274. The number of alkyl halides is 2. The number of halogens is 2. The Labute approximate surface area is 189 Å². The number of carbonyl (C=O) groups excluding carboxylic acids is 1. The maximum atomic E-state index is 13.9. The molecule has 170 valence electrons. The predicted octanol–water partition coefficient (Wildman–Crippen LogP) is 4.77. The van der Waals surface area contributed by atoms with Gasteiger partial charge in [-0.05, 0) is 25.1 Å². The minimum Gasteiger partial charge on any atom is -0.353 e. The van der Waals surface area contributed by atoms with Crippen LogP contribution in [0.25, 0.3) is 0 Å². The number of carbonyl (C=O) groups is 1. The highest BCUT2D eigenvalue weighted by molar-refractivity contribution is 6.01. The lowest BCUT2D eigenvalue weighted by Gasteiger charge is -2.42. The standard InChI is InChI=1S/C25H30F2N4O/c1-6-10-22-18-30(16-17-31(22)23(32)8-3)24(28-15-7-2)19(5)29-21-13-11-20(12-14-21)25(26,27)9-4/h1,7-8,11-15,22,29H,3,5,9-10,16-18H2,2,4H3/b15-7-,28-24?. The van der Waals surface area contributed by atoms with E-state index in [0.29, 0.717) is 43.3 Å². The smallest absolute Gasteiger partial charge is 0.273 e. The topological polar surface area (TPSA) is 47.9 Å². The van der Waals surface area contributed by atoms with Crippen molar-refractivity contribution >= 4 is 17.4 Å². The number of rotatable bonds is 8. The molecule has 0 aliphatic carbocycles. The molecular weight excluding hydrogens is 410 g/mol. The number of amidine groups is 1. The lowest BCUT2D eigenvalue weighted by atomic mass is 10.1. The number of aliphatic imine (C=N–C) groups is 1. The molecule has 2 rings (SSSR count). The number of benzene rings is 1. The first-order chi connectivity index (χ1) is 15.3. The SMILES string of the molecule is C#CCC1CN(C(=N/C=C\C)C(=C)Nc2ccc(C(F)(F)CC)cc2)CCN1C(=O)C=C. The zero-order valence-electron chi connectivity index (χ0n) is 18.7. The maximum absolute atomic E-state index is 13.9. The molecule has 0 radical (unpaired) electrons. The molecular formula is C25H30F2N4O. The van der Waals surface area contributed by atoms with Gasteiger partial charge in [0.1, 0.15) is 0 Å². The first-order valence-electron chi connectivity index (χ1n) is 10.5. The van der Waals surface area contributed by atoms with Crippen molar-refractivity contribution in [1.82, 2.24) is 9.80 Å². The first-order valence-corrected chi connectivity index (χ1v) is 10.5. The second-order valence-corrected chi connectivity index (χ2v) is 7.42. The summed E-state index contributed by atoms with van der Waals surface area (Å²) in [5.41, 5.74) is 1.11. The fourth-order valence-electron chi connectivity index (χ4n) is 3.49. The van der Waals surface area contributed by atoms with E-state index in [2.05, 4.69) is 29.4 Å². The summed E-state index contributed by atoms with van der Waals surface area (Å²) in [6.07, 6.45) is 10.4. The number of nitrogens with one attached hydrogen (secondary N) is 1. The summed E-state index contributed by atoms with van der Waals surface area (Å²) >= 11 is 0. The van der Waals surface area contributed by atoms with Crippen LogP contribution in [0.2, 0.25) is 0 Å². The first kappa shape index (κ1) is 24.9. The van der Waals surface area contributed by atoms with E-state index >= 15 is 0 Å². The van der Waals surface area contributed by atoms with Gasteiger partial charge in [0.05, 0.1) is 11.7 Å². The Bertz CT molecular complexity index is 928. The fourth-order valence-corrected chi connectivity index (χ4v) is 3.49. The van der Waals surface area contributed by atoms with Crippen molar-refractivity contribution in [2.45, 2.75) is 38.7 Å². The summed E-state index contributed by atoms with van der Waals surface area (Å²) in [7, 11) is 0. The Morgan fingerprint density at radius 3 is 2.62 bits per heavy atom. The van der Waals surface area contributed by atoms with E-state index in [0.717, 1.165) is 0 Å². The van der Waals surface area contributed by atoms with Crippen molar-refractivity contribution in [1.29, 1.82) is 0 Å². The number of hydrogen-bond donors (Lipinski definition) is 1. The van der Waals surface area contributed by atoms with Crippen LogP contribution in [0.4, 0.5) is 14.5 Å². The second-order valence-electron chi connectivity index (χ2n) is 7.42. The highest BCUT2D eigenvalue weighted by Crippen LogP contribution is 2.32. The second kappa shape index (κ2) is 11.3. The summed E-state index contributed by atoms with van der Waals surface area (Å²) in [4.78, 5) is 20.5. The van der Waals surface area contributed by atoms with Crippen molar-refractivity contribution in [3.8, 4) is 12.3 Å². The van der Waals surface area contributed by atoms with Crippen LogP contribution >= 0.6 is 0 Å². The molecule has 1 atom stereocenters. The van der Waals surface area contributed by atoms with Crippen LogP contribution in [0.5, 0.6) is 0 Å². The maximum Gasteiger partial charge on any atom is 0.273 e. The number of hydrogen-bond acceptors (Lipinski definition) is 3. The van der Waals surface area contributed by atoms with E-state index in [-0.39, 0.29) is 23.9 Å². The van der Waals surface area contributed by atoms with E-state index in [4.69, 9.17) is 6.42 Å². The van der Waals surface area contributed by atoms with Gasteiger partial charge in [0, 0.05) is 49.9 Å². The van der Waals surface area contributed by atoms with Crippen LogP contribution in [0.1, 0.15) is 32.3 Å². The molecule has 1 saturated heterocycles. The van der Waals surface area contributed by atoms with Crippen molar-refractivity contribution in [3.05, 3.63) is 67.0 Å². The molecule has 1 N–H and O–H groups in total. The normalized spacial score (nSPS) is 17.2. The van der Waals surface area contributed by atoms with E-state index in [1.807, 2.05) is 11.8 Å². The van der Waals surface area contributed by atoms with Gasteiger partial charge >= 0.3 is 0 Å². The molecule has 0 saturated carbocycles. The highest BCUT2D eigenvalue weighted by Gasteiger charge is 2.31. The zero-order valence-corrected chi connectivity index (χ0v) is 18.7. The van der Waals surface area contributed by atoms with Crippen molar-refractivity contribution < 1.29 is 13.6 Å². The molecule has 7 heteroatoms. The molecule has 32 heavy (non-hydrogen) atoms. The van der Waals surface area contributed by atoms with Gasteiger partial charge in [0.25, 0.3) is 5.92 Å². The largest absolute Gasteiger partial charge is 0.353 e. The van der Waals surface area contributed by atoms with E-state index in [1.54, 1.807) is 29.3 Å². The molecule has 1 aromatic rings. The van der Waals surface area contributed by atoms with Crippen LogP contribution in [-0.2, 0) is 10.7 Å². The average Bonchev–Trinajstić information content (AvgIpc) is 2.79. The third-order valence-corrected chi connectivity index (χ3v) is 5.26. The number of amides is 1. The fraction of sp³-hybridized carbons (Fsp3) is 0.360. The molecule has 1 amide bonds. The number of nitrogens with zero attached hydrogens (tertiary/aromatic N) is 3. The summed E-state index contributed by atoms with van der Waals surface area (Å²) < 4.78 is 27.8. The van der Waals surface area contributed by atoms with E-state index in [1.165, 1.54) is 25.1 Å². The lowest BCUT2D eigenvalue weighted by Crippen LogP contribution is -2.56. The summed E-state index contributed by atoms with van der Waals surface area (Å²) in [6, 6.07) is 5.83. The molecule has 5 nitrogen and oxygen atoms in total. The molecule has 1 aliphatic heterocycles. The molecule has 1 fully saturated rings. The van der Waals surface area contributed by atoms with Crippen molar-refractivity contribution in [2.75, 3.05) is 25.0 Å². The van der Waals surface area contributed by atoms with Gasteiger partial charge in [0.15, 0.2) is 5.84 Å². The van der Waals surface area contributed by atoms with Gasteiger partial charge < -0.3 is 15.1 Å². The molecule has 1 aliphatic rings. The predicted molar refractivity (Wildman–Crippen MR) is 126 cm³/mol. The third-order valence-electron chi connectivity index (χ3n) is 5.26. The highest BCUT2D eigenvalue weighted by atomic mass is 19.3. The molecule has 0 aromatic heterocycles. The number of anilines is 1. The Morgan fingerprint density at radius 1 is 1.38 bits per heavy atom. The van der Waals surface area contributed by atoms with Crippen LogP contribution in [0, 0.1) is 12.3 Å². The molecule has 0 bridgehead atoms. The Morgan fingerprint density at radius 2 is 2.06 bits per heavy atom. The zero-order chi connectivity index (χ0) is 23.7. The number of allylic oxidation sites excluding steroid dienone is 1. The monoisotopic (exact) mass is 440 g/mol. The molecule has 0 spiro atoms. The Kier molecular flexibility index (Phi) is 8.77. The Hall–Kier alpha value is -3.40. The van der Waals surface area contributed by atoms with Crippen LogP contribution in [0.15, 0.2) is 66.5 Å². The molecule has 1 heterocycles. The van der Waals surface area contributed by atoms with Crippen molar-refractivity contribution in [2.24, 2.45) is 4.99 Å². The minimum absolute atomic E-state index is 0.0286. The van der Waals surface area contributed by atoms with E-state index < -0.39 is 5.92 Å². The van der Waals surface area contributed by atoms with Gasteiger partial charge in [0.2, 0.25) is 5.91 Å². The molecule has 1 unspecified atom stereocenters. The van der Waals surface area contributed by atoms with Gasteiger partial charge in [-0.1, -0.05) is 38.3 Å². The van der Waals surface area contributed by atoms with Crippen LogP contribution < -0.4 is 5.32 Å². The van der Waals surface area contributed by atoms with Gasteiger partial charge in [-0.25, -0.2) is 13.8 Å².